The molecule has 54 heavy (non-hydrogen) atoms. The van der Waals surface area contributed by atoms with Gasteiger partial charge in [-0.25, -0.2) is 24.4 Å². The number of aryl methyl sites for hydroxylation is 1. The normalized spacial score (nSPS) is 14.2. The van der Waals surface area contributed by atoms with Gasteiger partial charge in [0.15, 0.2) is 0 Å². The van der Waals surface area contributed by atoms with Crippen LogP contribution in [0.2, 0.25) is 0 Å². The number of aromatic nitrogens is 5. The second kappa shape index (κ2) is 15.3. The molecule has 0 spiro atoms. The van der Waals surface area contributed by atoms with Gasteiger partial charge in [0, 0.05) is 48.6 Å². The van der Waals surface area contributed by atoms with E-state index in [1.165, 1.54) is 12.4 Å². The molecule has 0 aliphatic carbocycles. The summed E-state index contributed by atoms with van der Waals surface area (Å²) in [6, 6.07) is 24.7. The van der Waals surface area contributed by atoms with Crippen molar-refractivity contribution in [3.8, 4) is 11.4 Å². The summed E-state index contributed by atoms with van der Waals surface area (Å²) in [6.07, 6.45) is 5.53. The van der Waals surface area contributed by atoms with E-state index < -0.39 is 6.03 Å². The molecule has 4 heterocycles. The molecule has 0 unspecified atom stereocenters. The molecule has 7 rings (SSSR count). The van der Waals surface area contributed by atoms with Crippen molar-refractivity contribution < 1.29 is 19.1 Å². The highest BCUT2D eigenvalue weighted by Gasteiger charge is 2.28. The number of ether oxygens (including phenoxy) is 2. The van der Waals surface area contributed by atoms with Crippen LogP contribution in [0.15, 0.2) is 97.5 Å². The van der Waals surface area contributed by atoms with Crippen LogP contribution in [0.4, 0.5) is 27.9 Å². The lowest BCUT2D eigenvalue weighted by molar-refractivity contribution is 0.0718. The SMILES string of the molecule is CO[C@H]1CCN(C(=O)c2cnc(Nc3cc(COc4ccc(NC(=O)Nc5cc(C(C)(C)C)nn5-c5cccc(C)c5)c5ccccc45)ccn3)cn2)C1. The molecule has 3 N–H and O–H groups in total. The molecule has 6 aromatic rings. The van der Waals surface area contributed by atoms with Crippen molar-refractivity contribution in [2.75, 3.05) is 36.1 Å². The largest absolute Gasteiger partial charge is 0.488 e. The van der Waals surface area contributed by atoms with Gasteiger partial charge in [0.05, 0.1) is 35.6 Å². The molecule has 1 aliphatic rings. The fraction of sp³-hybridized carbons (Fsp3) is 0.268. The third-order valence-corrected chi connectivity index (χ3v) is 9.21. The minimum absolute atomic E-state index is 0.0500. The molecule has 1 saturated heterocycles. The second-order valence-corrected chi connectivity index (χ2v) is 14.3. The van der Waals surface area contributed by atoms with Gasteiger partial charge in [-0.2, -0.15) is 5.10 Å². The molecular weight excluding hydrogens is 683 g/mol. The number of hydrogen-bond acceptors (Lipinski definition) is 9. The molecule has 3 aromatic carbocycles. The van der Waals surface area contributed by atoms with Crippen LogP contribution >= 0.6 is 0 Å². The molecule has 13 heteroatoms. The molecule has 3 amide bonds. The van der Waals surface area contributed by atoms with Crippen molar-refractivity contribution in [3.63, 3.8) is 0 Å². The number of carbonyl (C=O) groups excluding carboxylic acids is 2. The first kappa shape index (κ1) is 36.0. The van der Waals surface area contributed by atoms with E-state index in [2.05, 4.69) is 51.7 Å². The number of methoxy groups -OCH3 is 1. The lowest BCUT2D eigenvalue weighted by atomic mass is 9.92. The van der Waals surface area contributed by atoms with E-state index in [-0.39, 0.29) is 29.7 Å². The minimum Gasteiger partial charge on any atom is -0.488 e. The molecule has 3 aromatic heterocycles. The third-order valence-electron chi connectivity index (χ3n) is 9.21. The second-order valence-electron chi connectivity index (χ2n) is 14.3. The Balaban J connectivity index is 1.01. The van der Waals surface area contributed by atoms with E-state index in [1.807, 2.05) is 85.8 Å². The summed E-state index contributed by atoms with van der Waals surface area (Å²) in [6.45, 7) is 9.75. The van der Waals surface area contributed by atoms with Crippen LogP contribution in [0.25, 0.3) is 16.5 Å². The van der Waals surface area contributed by atoms with Crippen molar-refractivity contribution in [1.29, 1.82) is 0 Å². The number of amides is 3. The van der Waals surface area contributed by atoms with Crippen LogP contribution < -0.4 is 20.7 Å². The number of likely N-dealkylation sites (tertiary alicyclic amines) is 1. The molecule has 0 bridgehead atoms. The maximum atomic E-state index is 13.5. The van der Waals surface area contributed by atoms with Gasteiger partial charge in [-0.3, -0.25) is 10.1 Å². The van der Waals surface area contributed by atoms with Crippen molar-refractivity contribution in [1.82, 2.24) is 29.6 Å². The molecule has 276 valence electrons. The summed E-state index contributed by atoms with van der Waals surface area (Å²) in [5, 5.41) is 15.7. The molecule has 13 nitrogen and oxygen atoms in total. The Bertz CT molecular complexity index is 2300. The van der Waals surface area contributed by atoms with Gasteiger partial charge in [-0.1, -0.05) is 57.2 Å². The summed E-state index contributed by atoms with van der Waals surface area (Å²) in [5.41, 5.74) is 4.39. The van der Waals surface area contributed by atoms with E-state index in [0.717, 1.165) is 39.7 Å². The predicted molar refractivity (Wildman–Crippen MR) is 209 cm³/mol. The number of nitrogens with one attached hydrogen (secondary N) is 3. The van der Waals surface area contributed by atoms with E-state index >= 15 is 0 Å². The maximum Gasteiger partial charge on any atom is 0.324 e. The number of nitrogens with zero attached hydrogens (tertiary/aromatic N) is 6. The Hall–Kier alpha value is -6.34. The smallest absolute Gasteiger partial charge is 0.324 e. The standard InChI is InChI=1S/C41H43N9O4/c1-26-9-8-10-28(19-26)50-38(21-35(48-50)41(2,3)4)47-40(52)45-32-13-14-34(31-12-7-6-11-30(31)32)54-25-27-15-17-42-36(20-27)46-37-23-43-33(22-44-37)39(51)49-18-16-29(24-49)53-5/h6-15,17,19-23,29H,16,18,24-25H2,1-5H3,(H,42,44,46)(H2,45,47,52)/t29-/m0/s1. The van der Waals surface area contributed by atoms with Gasteiger partial charge in [0.1, 0.15) is 35.5 Å². The van der Waals surface area contributed by atoms with E-state index in [1.54, 1.807) is 22.9 Å². The first-order valence-corrected chi connectivity index (χ1v) is 17.8. The average Bonchev–Trinajstić information content (AvgIpc) is 3.83. The Morgan fingerprint density at radius 3 is 2.46 bits per heavy atom. The summed E-state index contributed by atoms with van der Waals surface area (Å²) >= 11 is 0. The van der Waals surface area contributed by atoms with Crippen molar-refractivity contribution in [2.24, 2.45) is 0 Å². The first-order chi connectivity index (χ1) is 26.0. The zero-order valence-corrected chi connectivity index (χ0v) is 31.0. The Morgan fingerprint density at radius 1 is 0.889 bits per heavy atom. The molecule has 1 atom stereocenters. The third kappa shape index (κ3) is 8.16. The van der Waals surface area contributed by atoms with Crippen molar-refractivity contribution in [2.45, 2.75) is 52.2 Å². The molecule has 0 radical (unpaired) electrons. The number of rotatable bonds is 10. The van der Waals surface area contributed by atoms with Gasteiger partial charge in [0.25, 0.3) is 5.91 Å². The van der Waals surface area contributed by atoms with Gasteiger partial charge in [-0.05, 0) is 60.9 Å². The predicted octanol–water partition coefficient (Wildman–Crippen LogP) is 7.64. The number of hydrogen-bond donors (Lipinski definition) is 3. The Labute approximate surface area is 313 Å². The molecular formula is C41H43N9O4. The highest BCUT2D eigenvalue weighted by Crippen LogP contribution is 2.33. The number of carbonyl (C=O) groups is 2. The minimum atomic E-state index is -0.391. The average molecular weight is 726 g/mol. The van der Waals surface area contributed by atoms with Crippen LogP contribution in [-0.4, -0.2) is 67.9 Å². The summed E-state index contributed by atoms with van der Waals surface area (Å²) in [5.74, 6) is 2.08. The summed E-state index contributed by atoms with van der Waals surface area (Å²) < 4.78 is 13.4. The number of fused-ring (bicyclic) bond motifs is 1. The summed E-state index contributed by atoms with van der Waals surface area (Å²) in [4.78, 5) is 41.2. The van der Waals surface area contributed by atoms with Crippen LogP contribution in [0.5, 0.6) is 5.75 Å². The molecule has 1 fully saturated rings. The van der Waals surface area contributed by atoms with Gasteiger partial charge in [-0.15, -0.1) is 0 Å². The highest BCUT2D eigenvalue weighted by atomic mass is 16.5. The van der Waals surface area contributed by atoms with Crippen molar-refractivity contribution >= 4 is 45.9 Å². The van der Waals surface area contributed by atoms with Crippen LogP contribution in [-0.2, 0) is 16.8 Å². The number of anilines is 4. The zero-order valence-electron chi connectivity index (χ0n) is 31.0. The monoisotopic (exact) mass is 725 g/mol. The Morgan fingerprint density at radius 2 is 1.72 bits per heavy atom. The fourth-order valence-electron chi connectivity index (χ4n) is 6.26. The van der Waals surface area contributed by atoms with Crippen LogP contribution in [0, 0.1) is 6.92 Å². The maximum absolute atomic E-state index is 13.5. The van der Waals surface area contributed by atoms with Crippen molar-refractivity contribution in [3.05, 3.63) is 120 Å². The zero-order chi connectivity index (χ0) is 37.8. The lowest BCUT2D eigenvalue weighted by Crippen LogP contribution is -2.30. The van der Waals surface area contributed by atoms with Crippen LogP contribution in [0.3, 0.4) is 0 Å². The van der Waals surface area contributed by atoms with Gasteiger partial charge < -0.3 is 25.0 Å². The Kier molecular flexibility index (Phi) is 10.2. The quantitative estimate of drug-likeness (QED) is 0.130. The topological polar surface area (TPSA) is 148 Å². The van der Waals surface area contributed by atoms with E-state index in [0.29, 0.717) is 42.0 Å². The lowest BCUT2D eigenvalue weighted by Gasteiger charge is -2.15. The molecule has 1 aliphatic heterocycles. The number of pyridine rings is 1. The highest BCUT2D eigenvalue weighted by molar-refractivity contribution is 6.07. The van der Waals surface area contributed by atoms with Gasteiger partial charge in [0.2, 0.25) is 0 Å². The van der Waals surface area contributed by atoms with Crippen LogP contribution in [0.1, 0.15) is 54.5 Å². The fourth-order valence-corrected chi connectivity index (χ4v) is 6.26. The first-order valence-electron chi connectivity index (χ1n) is 17.8. The van der Waals surface area contributed by atoms with E-state index in [9.17, 15) is 9.59 Å². The molecule has 0 saturated carbocycles. The van der Waals surface area contributed by atoms with E-state index in [4.69, 9.17) is 14.6 Å². The summed E-state index contributed by atoms with van der Waals surface area (Å²) in [7, 11) is 1.66. The number of benzene rings is 3. The number of urea groups is 1. The van der Waals surface area contributed by atoms with Gasteiger partial charge >= 0.3 is 6.03 Å².